The highest BCUT2D eigenvalue weighted by Crippen LogP contribution is 2.51. The van der Waals surface area contributed by atoms with Gasteiger partial charge >= 0.3 is 0 Å². The third-order valence-electron chi connectivity index (χ3n) is 7.15. The molecule has 30 heavy (non-hydrogen) atoms. The van der Waals surface area contributed by atoms with Crippen molar-refractivity contribution in [3.8, 4) is 0 Å². The first-order valence-electron chi connectivity index (χ1n) is 11.0. The first-order valence-corrected chi connectivity index (χ1v) is 11.0. The fraction of sp³-hybridized carbons (Fsp3) is 0.440. The molecule has 5 nitrogen and oxygen atoms in total. The summed E-state index contributed by atoms with van der Waals surface area (Å²) in [5, 5.41) is 4.00. The number of ether oxygens (including phenoxy) is 1. The van der Waals surface area contributed by atoms with Crippen LogP contribution in [0.15, 0.2) is 65.3 Å². The van der Waals surface area contributed by atoms with E-state index in [2.05, 4.69) is 82.5 Å². The second kappa shape index (κ2) is 7.73. The number of nitrogens with zero attached hydrogens (tertiary/aromatic N) is 3. The SMILES string of the molecule is CC(c1ccccc1)N1CCN(C2CC3=Cc4ccccc4C3C(C)(N=N)O2)CC1. The van der Waals surface area contributed by atoms with Gasteiger partial charge in [0.2, 0.25) is 0 Å². The molecule has 2 heterocycles. The summed E-state index contributed by atoms with van der Waals surface area (Å²) in [6, 6.07) is 19.6. The summed E-state index contributed by atoms with van der Waals surface area (Å²) in [7, 11) is 0. The fourth-order valence-corrected chi connectivity index (χ4v) is 5.43. The molecular formula is C25H30N4O. The molecule has 2 aromatic rings. The van der Waals surface area contributed by atoms with Crippen molar-refractivity contribution in [3.63, 3.8) is 0 Å². The fourth-order valence-electron chi connectivity index (χ4n) is 5.43. The molecule has 1 N–H and O–H groups in total. The molecule has 0 bridgehead atoms. The zero-order chi connectivity index (χ0) is 20.7. The summed E-state index contributed by atoms with van der Waals surface area (Å²) in [4.78, 5) is 4.99. The van der Waals surface area contributed by atoms with Crippen molar-refractivity contribution in [2.45, 2.75) is 44.2 Å². The van der Waals surface area contributed by atoms with Gasteiger partial charge in [0.1, 0.15) is 6.23 Å². The van der Waals surface area contributed by atoms with Gasteiger partial charge in [-0.15, -0.1) is 0 Å². The molecule has 0 aromatic heterocycles. The minimum absolute atomic E-state index is 0.0184. The molecule has 2 aromatic carbocycles. The first-order chi connectivity index (χ1) is 14.6. The number of benzene rings is 2. The van der Waals surface area contributed by atoms with Crippen molar-refractivity contribution in [1.29, 1.82) is 5.53 Å². The number of hydrogen-bond acceptors (Lipinski definition) is 5. The summed E-state index contributed by atoms with van der Waals surface area (Å²) in [5.74, 6) is 0.0573. The number of hydrogen-bond donors (Lipinski definition) is 1. The number of nitrogens with one attached hydrogen (secondary N) is 1. The summed E-state index contributed by atoms with van der Waals surface area (Å²) >= 11 is 0. The molecule has 0 spiro atoms. The average molecular weight is 403 g/mol. The molecule has 5 heteroatoms. The predicted molar refractivity (Wildman–Crippen MR) is 118 cm³/mol. The van der Waals surface area contributed by atoms with Gasteiger partial charge in [-0.3, -0.25) is 9.80 Å². The number of rotatable bonds is 4. The zero-order valence-electron chi connectivity index (χ0n) is 17.8. The second-order valence-corrected chi connectivity index (χ2v) is 8.88. The highest BCUT2D eigenvalue weighted by atomic mass is 16.5. The van der Waals surface area contributed by atoms with Crippen LogP contribution in [0.25, 0.3) is 6.08 Å². The lowest BCUT2D eigenvalue weighted by atomic mass is 9.82. The van der Waals surface area contributed by atoms with Crippen LogP contribution in [0.4, 0.5) is 0 Å². The molecular weight excluding hydrogens is 372 g/mol. The lowest BCUT2D eigenvalue weighted by Crippen LogP contribution is -2.56. The Bertz CT molecular complexity index is 951. The maximum atomic E-state index is 7.92. The molecule has 4 unspecified atom stereocenters. The van der Waals surface area contributed by atoms with Gasteiger partial charge in [0.15, 0.2) is 5.72 Å². The second-order valence-electron chi connectivity index (χ2n) is 8.88. The Morgan fingerprint density at radius 2 is 1.73 bits per heavy atom. The molecule has 3 aliphatic rings. The molecule has 2 fully saturated rings. The lowest BCUT2D eigenvalue weighted by Gasteiger charge is -2.47. The molecule has 2 saturated heterocycles. The van der Waals surface area contributed by atoms with Crippen LogP contribution in [0, 0.1) is 5.53 Å². The Kier molecular flexibility index (Phi) is 5.05. The largest absolute Gasteiger partial charge is 0.333 e. The Balaban J connectivity index is 1.30. The van der Waals surface area contributed by atoms with E-state index in [0.717, 1.165) is 32.6 Å². The average Bonchev–Trinajstić information content (AvgIpc) is 3.18. The van der Waals surface area contributed by atoms with Crippen molar-refractivity contribution in [1.82, 2.24) is 9.80 Å². The van der Waals surface area contributed by atoms with E-state index in [9.17, 15) is 0 Å². The van der Waals surface area contributed by atoms with Gasteiger partial charge in [0, 0.05) is 38.6 Å². The summed E-state index contributed by atoms with van der Waals surface area (Å²) < 4.78 is 6.53. The van der Waals surface area contributed by atoms with Crippen molar-refractivity contribution in [2.75, 3.05) is 26.2 Å². The van der Waals surface area contributed by atoms with E-state index in [0.29, 0.717) is 6.04 Å². The minimum Gasteiger partial charge on any atom is -0.333 e. The van der Waals surface area contributed by atoms with Gasteiger partial charge in [0.05, 0.1) is 5.92 Å². The smallest absolute Gasteiger partial charge is 0.188 e. The number of fused-ring (bicyclic) bond motifs is 3. The summed E-state index contributed by atoms with van der Waals surface area (Å²) in [6.45, 7) is 8.26. The van der Waals surface area contributed by atoms with Crippen LogP contribution in [-0.4, -0.2) is 47.9 Å². The molecule has 156 valence electrons. The van der Waals surface area contributed by atoms with Gasteiger partial charge in [-0.25, -0.2) is 5.53 Å². The third kappa shape index (κ3) is 3.31. The first kappa shape index (κ1) is 19.6. The molecule has 5 rings (SSSR count). The molecule has 0 saturated carbocycles. The van der Waals surface area contributed by atoms with E-state index in [1.165, 1.54) is 22.3 Å². The Morgan fingerprint density at radius 1 is 1.03 bits per heavy atom. The van der Waals surface area contributed by atoms with Crippen LogP contribution in [-0.2, 0) is 4.74 Å². The normalized spacial score (nSPS) is 30.3. The van der Waals surface area contributed by atoms with E-state index in [1.54, 1.807) is 0 Å². The van der Waals surface area contributed by atoms with Crippen molar-refractivity contribution < 1.29 is 4.74 Å². The van der Waals surface area contributed by atoms with E-state index >= 15 is 0 Å². The Hall–Kier alpha value is -2.34. The summed E-state index contributed by atoms with van der Waals surface area (Å²) in [5.41, 5.74) is 12.3. The third-order valence-corrected chi connectivity index (χ3v) is 7.15. The summed E-state index contributed by atoms with van der Waals surface area (Å²) in [6.07, 6.45) is 3.17. The Labute approximate surface area is 178 Å². The highest BCUT2D eigenvalue weighted by molar-refractivity contribution is 5.68. The molecule has 0 amide bonds. The van der Waals surface area contributed by atoms with Gasteiger partial charge in [0.25, 0.3) is 0 Å². The topological polar surface area (TPSA) is 51.9 Å². The zero-order valence-corrected chi connectivity index (χ0v) is 17.8. The maximum absolute atomic E-state index is 7.92. The molecule has 1 aliphatic carbocycles. The number of piperazine rings is 1. The van der Waals surface area contributed by atoms with Crippen molar-refractivity contribution in [2.24, 2.45) is 5.11 Å². The van der Waals surface area contributed by atoms with Gasteiger partial charge < -0.3 is 4.74 Å². The van der Waals surface area contributed by atoms with E-state index < -0.39 is 5.72 Å². The standard InChI is InChI=1S/C25H30N4O/c1-18(19-8-4-3-5-9-19)28-12-14-29(15-13-28)23-17-21-16-20-10-6-7-11-22(20)24(21)25(2,27-26)30-23/h3-11,16,18,23-24,26H,12-15,17H2,1-2H3. The van der Waals surface area contributed by atoms with Gasteiger partial charge in [-0.1, -0.05) is 66.2 Å². The molecule has 0 radical (unpaired) electrons. The van der Waals surface area contributed by atoms with Crippen molar-refractivity contribution >= 4 is 6.08 Å². The monoisotopic (exact) mass is 402 g/mol. The van der Waals surface area contributed by atoms with Crippen LogP contribution in [0.1, 0.15) is 48.9 Å². The quantitative estimate of drug-likeness (QED) is 0.729. The molecule has 2 aliphatic heterocycles. The minimum atomic E-state index is -0.837. The maximum Gasteiger partial charge on any atom is 0.188 e. The van der Waals surface area contributed by atoms with Crippen LogP contribution in [0.2, 0.25) is 0 Å². The van der Waals surface area contributed by atoms with Crippen LogP contribution in [0.5, 0.6) is 0 Å². The van der Waals surface area contributed by atoms with Crippen LogP contribution in [0.3, 0.4) is 0 Å². The van der Waals surface area contributed by atoms with E-state index in [1.807, 2.05) is 6.92 Å². The van der Waals surface area contributed by atoms with Crippen LogP contribution >= 0.6 is 0 Å². The van der Waals surface area contributed by atoms with E-state index in [4.69, 9.17) is 10.3 Å². The lowest BCUT2D eigenvalue weighted by molar-refractivity contribution is -0.178. The molecule has 4 atom stereocenters. The predicted octanol–water partition coefficient (Wildman–Crippen LogP) is 5.04. The Morgan fingerprint density at radius 3 is 2.47 bits per heavy atom. The highest BCUT2D eigenvalue weighted by Gasteiger charge is 2.49. The van der Waals surface area contributed by atoms with Crippen molar-refractivity contribution in [3.05, 3.63) is 76.9 Å². The van der Waals surface area contributed by atoms with Crippen LogP contribution < -0.4 is 0 Å². The van der Waals surface area contributed by atoms with E-state index in [-0.39, 0.29) is 12.1 Å². The van der Waals surface area contributed by atoms with Gasteiger partial charge in [-0.05, 0) is 30.5 Å². The van der Waals surface area contributed by atoms with Gasteiger partial charge in [-0.2, -0.15) is 5.11 Å².